The van der Waals surface area contributed by atoms with Gasteiger partial charge in [-0.15, -0.1) is 0 Å². The lowest BCUT2D eigenvalue weighted by Gasteiger charge is -2.35. The molecule has 0 amide bonds. The van der Waals surface area contributed by atoms with Gasteiger partial charge in [0.1, 0.15) is 0 Å². The number of hydrogen-bond acceptors (Lipinski definition) is 4. The second kappa shape index (κ2) is 5.27. The number of nitrogens with one attached hydrogen (secondary N) is 1. The molecule has 0 bridgehead atoms. The van der Waals surface area contributed by atoms with E-state index in [1.165, 1.54) is 18.4 Å². The van der Waals surface area contributed by atoms with Crippen molar-refractivity contribution < 1.29 is 4.92 Å². The minimum atomic E-state index is -0.333. The first kappa shape index (κ1) is 12.6. The van der Waals surface area contributed by atoms with Crippen LogP contribution in [0.3, 0.4) is 0 Å². The average Bonchev–Trinajstić information content (AvgIpc) is 3.25. The van der Waals surface area contributed by atoms with E-state index in [2.05, 4.69) is 10.2 Å². The lowest BCUT2D eigenvalue weighted by Crippen LogP contribution is -2.45. The van der Waals surface area contributed by atoms with Crippen molar-refractivity contribution in [2.75, 3.05) is 26.2 Å². The zero-order valence-electron chi connectivity index (χ0n) is 10.9. The van der Waals surface area contributed by atoms with Gasteiger partial charge in [0.2, 0.25) is 0 Å². The van der Waals surface area contributed by atoms with Gasteiger partial charge in [-0.2, -0.15) is 0 Å². The van der Waals surface area contributed by atoms with E-state index in [9.17, 15) is 10.1 Å². The summed E-state index contributed by atoms with van der Waals surface area (Å²) in [4.78, 5) is 12.9. The van der Waals surface area contributed by atoms with Crippen LogP contribution in [0.25, 0.3) is 0 Å². The third-order valence-corrected chi connectivity index (χ3v) is 4.06. The summed E-state index contributed by atoms with van der Waals surface area (Å²) >= 11 is 0. The molecule has 1 N–H and O–H groups in total. The summed E-state index contributed by atoms with van der Waals surface area (Å²) in [6.45, 7) is 4.21. The first-order valence-electron chi connectivity index (χ1n) is 6.95. The number of nitro benzene ring substituents is 1. The topological polar surface area (TPSA) is 58.4 Å². The molecule has 1 aliphatic carbocycles. The smallest absolute Gasteiger partial charge is 0.269 e. The maximum absolute atomic E-state index is 10.7. The summed E-state index contributed by atoms with van der Waals surface area (Å²) in [6.07, 6.45) is 2.57. The maximum atomic E-state index is 10.7. The van der Waals surface area contributed by atoms with E-state index in [1.54, 1.807) is 12.1 Å². The van der Waals surface area contributed by atoms with Crippen LogP contribution < -0.4 is 5.32 Å². The van der Waals surface area contributed by atoms with Gasteiger partial charge in [0.25, 0.3) is 5.69 Å². The van der Waals surface area contributed by atoms with Gasteiger partial charge in [-0.3, -0.25) is 15.0 Å². The van der Waals surface area contributed by atoms with E-state index in [1.807, 2.05) is 12.1 Å². The highest BCUT2D eigenvalue weighted by Gasteiger charge is 2.36. The molecule has 1 aromatic carbocycles. The number of nitrogens with zero attached hydrogens (tertiary/aromatic N) is 2. The molecule has 1 aliphatic heterocycles. The third kappa shape index (κ3) is 2.77. The summed E-state index contributed by atoms with van der Waals surface area (Å²) in [5.74, 6) is 0.736. The molecule has 1 aromatic rings. The molecule has 2 aliphatic rings. The van der Waals surface area contributed by atoms with Crippen LogP contribution in [0.5, 0.6) is 0 Å². The summed E-state index contributed by atoms with van der Waals surface area (Å²) in [5, 5.41) is 14.1. The van der Waals surface area contributed by atoms with Crippen LogP contribution in [0, 0.1) is 16.0 Å². The van der Waals surface area contributed by atoms with Crippen molar-refractivity contribution in [2.24, 2.45) is 5.92 Å². The molecule has 2 fully saturated rings. The first-order chi connectivity index (χ1) is 9.25. The van der Waals surface area contributed by atoms with Crippen molar-refractivity contribution in [3.8, 4) is 0 Å². The van der Waals surface area contributed by atoms with Gasteiger partial charge in [-0.1, -0.05) is 12.1 Å². The third-order valence-electron chi connectivity index (χ3n) is 4.06. The Morgan fingerprint density at radius 2 is 1.84 bits per heavy atom. The number of piperazine rings is 1. The van der Waals surface area contributed by atoms with Crippen molar-refractivity contribution in [3.05, 3.63) is 39.9 Å². The second-order valence-electron chi connectivity index (χ2n) is 5.42. The van der Waals surface area contributed by atoms with Gasteiger partial charge in [-0.05, 0) is 24.3 Å². The molecule has 1 saturated carbocycles. The molecule has 0 spiro atoms. The van der Waals surface area contributed by atoms with E-state index in [4.69, 9.17) is 0 Å². The fraction of sp³-hybridized carbons (Fsp3) is 0.571. The van der Waals surface area contributed by atoms with Gasteiger partial charge >= 0.3 is 0 Å². The molecule has 5 heteroatoms. The standard InChI is InChI=1S/C14H19N3O2/c18-17(19)13-5-3-12(4-6-13)14(11-1-2-11)16-9-7-15-8-10-16/h3-6,11,14-15H,1-2,7-10H2/t14-/m1/s1. The molecule has 102 valence electrons. The number of nitro groups is 1. The molecule has 0 unspecified atom stereocenters. The summed E-state index contributed by atoms with van der Waals surface area (Å²) in [5.41, 5.74) is 1.41. The van der Waals surface area contributed by atoms with E-state index in [-0.39, 0.29) is 10.6 Å². The molecular formula is C14H19N3O2. The zero-order chi connectivity index (χ0) is 13.2. The van der Waals surface area contributed by atoms with Crippen LogP contribution in [0.1, 0.15) is 24.4 Å². The predicted octanol–water partition coefficient (Wildman–Crippen LogP) is 1.95. The highest BCUT2D eigenvalue weighted by molar-refractivity contribution is 5.35. The molecule has 5 nitrogen and oxygen atoms in total. The lowest BCUT2D eigenvalue weighted by molar-refractivity contribution is -0.384. The maximum Gasteiger partial charge on any atom is 0.269 e. The number of rotatable bonds is 4. The Morgan fingerprint density at radius 1 is 1.21 bits per heavy atom. The van der Waals surface area contributed by atoms with Crippen LogP contribution in [-0.2, 0) is 0 Å². The van der Waals surface area contributed by atoms with Crippen molar-refractivity contribution in [1.82, 2.24) is 10.2 Å². The van der Waals surface area contributed by atoms with E-state index in [0.717, 1.165) is 32.1 Å². The Kier molecular flexibility index (Phi) is 3.48. The zero-order valence-corrected chi connectivity index (χ0v) is 10.9. The fourth-order valence-corrected chi connectivity index (χ4v) is 2.95. The van der Waals surface area contributed by atoms with Crippen LogP contribution >= 0.6 is 0 Å². The van der Waals surface area contributed by atoms with Crippen LogP contribution in [0.15, 0.2) is 24.3 Å². The summed E-state index contributed by atoms with van der Waals surface area (Å²) in [6, 6.07) is 7.58. The highest BCUT2D eigenvalue weighted by Crippen LogP contribution is 2.44. The highest BCUT2D eigenvalue weighted by atomic mass is 16.6. The van der Waals surface area contributed by atoms with Crippen LogP contribution in [-0.4, -0.2) is 36.0 Å². The van der Waals surface area contributed by atoms with Gasteiger partial charge in [0.05, 0.1) is 4.92 Å². The normalized spacial score (nSPS) is 22.1. The Morgan fingerprint density at radius 3 is 2.37 bits per heavy atom. The molecule has 3 rings (SSSR count). The van der Waals surface area contributed by atoms with Crippen molar-refractivity contribution in [2.45, 2.75) is 18.9 Å². The monoisotopic (exact) mass is 261 g/mol. The molecular weight excluding hydrogens is 242 g/mol. The molecule has 0 aromatic heterocycles. The van der Waals surface area contributed by atoms with Gasteiger partial charge < -0.3 is 5.32 Å². The molecule has 19 heavy (non-hydrogen) atoms. The largest absolute Gasteiger partial charge is 0.314 e. The van der Waals surface area contributed by atoms with Crippen LogP contribution in [0.2, 0.25) is 0 Å². The minimum absolute atomic E-state index is 0.179. The molecule has 1 atom stereocenters. The van der Waals surface area contributed by atoms with E-state index >= 15 is 0 Å². The Hall–Kier alpha value is -1.46. The SMILES string of the molecule is O=[N+]([O-])c1ccc([C@@H](C2CC2)N2CCNCC2)cc1. The molecule has 1 saturated heterocycles. The average molecular weight is 261 g/mol. The van der Waals surface area contributed by atoms with Crippen molar-refractivity contribution >= 4 is 5.69 Å². The van der Waals surface area contributed by atoms with E-state index in [0.29, 0.717) is 6.04 Å². The Bertz CT molecular complexity index is 450. The van der Waals surface area contributed by atoms with Gasteiger partial charge in [-0.25, -0.2) is 0 Å². The molecule has 1 heterocycles. The van der Waals surface area contributed by atoms with Gasteiger partial charge in [0, 0.05) is 44.4 Å². The van der Waals surface area contributed by atoms with Gasteiger partial charge in [0.15, 0.2) is 0 Å². The Balaban J connectivity index is 1.81. The van der Waals surface area contributed by atoms with Crippen LogP contribution in [0.4, 0.5) is 5.69 Å². The van der Waals surface area contributed by atoms with E-state index < -0.39 is 0 Å². The lowest BCUT2D eigenvalue weighted by atomic mass is 9.99. The van der Waals surface area contributed by atoms with Crippen molar-refractivity contribution in [1.29, 1.82) is 0 Å². The minimum Gasteiger partial charge on any atom is -0.314 e. The summed E-state index contributed by atoms with van der Waals surface area (Å²) < 4.78 is 0. The fourth-order valence-electron chi connectivity index (χ4n) is 2.95. The first-order valence-corrected chi connectivity index (χ1v) is 6.95. The number of hydrogen-bond donors (Lipinski definition) is 1. The molecule has 0 radical (unpaired) electrons. The quantitative estimate of drug-likeness (QED) is 0.665. The Labute approximate surface area is 112 Å². The second-order valence-corrected chi connectivity index (χ2v) is 5.42. The van der Waals surface area contributed by atoms with Crippen molar-refractivity contribution in [3.63, 3.8) is 0 Å². The predicted molar refractivity (Wildman–Crippen MR) is 73.0 cm³/mol. The number of benzene rings is 1. The summed E-state index contributed by atoms with van der Waals surface area (Å²) in [7, 11) is 0. The number of non-ortho nitro benzene ring substituents is 1.